The van der Waals surface area contributed by atoms with Gasteiger partial charge in [0.25, 0.3) is 0 Å². The molecule has 0 aliphatic heterocycles. The average molecular weight is 181 g/mol. The van der Waals surface area contributed by atoms with Crippen LogP contribution in [0.15, 0.2) is 12.3 Å². The molecule has 1 aromatic heterocycles. The van der Waals surface area contributed by atoms with Crippen LogP contribution in [-0.2, 0) is 0 Å². The average Bonchev–Trinajstić information content (AvgIpc) is 2.16. The minimum Gasteiger partial charge on any atom is -0.495 e. The molecule has 0 unspecified atom stereocenters. The molecule has 0 bridgehead atoms. The Morgan fingerprint density at radius 1 is 1.38 bits per heavy atom. The molecular formula is C9H11NO3. The minimum atomic E-state index is -0.125. The number of ether oxygens (including phenoxy) is 2. The second kappa shape index (κ2) is 3.89. The second-order valence-electron chi connectivity index (χ2n) is 2.48. The van der Waals surface area contributed by atoms with Gasteiger partial charge in [-0.05, 0) is 0 Å². The highest BCUT2D eigenvalue weighted by Gasteiger charge is 2.10. The molecule has 0 amide bonds. The maximum atomic E-state index is 11.0. The van der Waals surface area contributed by atoms with Gasteiger partial charge >= 0.3 is 0 Å². The Morgan fingerprint density at radius 2 is 2.08 bits per heavy atom. The van der Waals surface area contributed by atoms with Crippen LogP contribution in [0.3, 0.4) is 0 Å². The van der Waals surface area contributed by atoms with Crippen molar-refractivity contribution in [3.63, 3.8) is 0 Å². The topological polar surface area (TPSA) is 48.4 Å². The molecule has 4 heteroatoms. The minimum absolute atomic E-state index is 0.125. The van der Waals surface area contributed by atoms with Gasteiger partial charge in [-0.2, -0.15) is 0 Å². The fraction of sp³-hybridized carbons (Fsp3) is 0.333. The summed E-state index contributed by atoms with van der Waals surface area (Å²) >= 11 is 0. The van der Waals surface area contributed by atoms with Gasteiger partial charge in [0.15, 0.2) is 11.5 Å². The number of aromatic nitrogens is 1. The highest BCUT2D eigenvalue weighted by atomic mass is 16.5. The largest absolute Gasteiger partial charge is 0.495 e. The van der Waals surface area contributed by atoms with Crippen molar-refractivity contribution < 1.29 is 14.3 Å². The van der Waals surface area contributed by atoms with E-state index in [4.69, 9.17) is 9.47 Å². The molecule has 0 N–H and O–H groups in total. The lowest BCUT2D eigenvalue weighted by molar-refractivity contribution is 0.101. The lowest BCUT2D eigenvalue weighted by Gasteiger charge is -2.06. The quantitative estimate of drug-likeness (QED) is 0.659. The summed E-state index contributed by atoms with van der Waals surface area (Å²) in [6, 6.07) is 1.63. The van der Waals surface area contributed by atoms with E-state index < -0.39 is 0 Å². The number of hydrogen-bond acceptors (Lipinski definition) is 4. The van der Waals surface area contributed by atoms with E-state index in [1.54, 1.807) is 6.07 Å². The van der Waals surface area contributed by atoms with E-state index in [9.17, 15) is 4.79 Å². The summed E-state index contributed by atoms with van der Waals surface area (Å²) in [5, 5.41) is 0. The van der Waals surface area contributed by atoms with Gasteiger partial charge in [0, 0.05) is 13.0 Å². The third-order valence-corrected chi connectivity index (χ3v) is 1.62. The Bertz CT molecular complexity index is 323. The maximum absolute atomic E-state index is 11.0. The van der Waals surface area contributed by atoms with Crippen LogP contribution in [0.1, 0.15) is 17.4 Å². The van der Waals surface area contributed by atoms with Crippen molar-refractivity contribution in [1.82, 2.24) is 4.98 Å². The lowest BCUT2D eigenvalue weighted by Crippen LogP contribution is -2.01. The molecule has 0 aliphatic rings. The molecule has 1 rings (SSSR count). The summed E-state index contributed by atoms with van der Waals surface area (Å²) in [4.78, 5) is 15.0. The molecular weight excluding hydrogens is 170 g/mol. The zero-order chi connectivity index (χ0) is 9.84. The van der Waals surface area contributed by atoms with Crippen molar-refractivity contribution in [2.24, 2.45) is 0 Å². The standard InChI is InChI=1S/C9H11NO3/c1-6(11)9-8(13-3)4-7(12-2)5-10-9/h4-5H,1-3H3. The first kappa shape index (κ1) is 9.51. The molecule has 0 saturated carbocycles. The molecule has 4 nitrogen and oxygen atoms in total. The van der Waals surface area contributed by atoms with Gasteiger partial charge in [0.1, 0.15) is 11.4 Å². The van der Waals surface area contributed by atoms with Crippen LogP contribution in [0, 0.1) is 0 Å². The summed E-state index contributed by atoms with van der Waals surface area (Å²) in [6.45, 7) is 1.44. The Morgan fingerprint density at radius 3 is 2.54 bits per heavy atom. The van der Waals surface area contributed by atoms with E-state index in [1.165, 1.54) is 27.3 Å². The molecule has 0 atom stereocenters. The van der Waals surface area contributed by atoms with Gasteiger partial charge < -0.3 is 9.47 Å². The zero-order valence-electron chi connectivity index (χ0n) is 7.83. The summed E-state index contributed by atoms with van der Waals surface area (Å²) < 4.78 is 9.92. The number of Topliss-reactive ketones (excluding diaryl/α,β-unsaturated/α-hetero) is 1. The first-order chi connectivity index (χ1) is 6.19. The number of carbonyl (C=O) groups excluding carboxylic acids is 1. The molecule has 1 heterocycles. The Labute approximate surface area is 76.5 Å². The maximum Gasteiger partial charge on any atom is 0.181 e. The van der Waals surface area contributed by atoms with Crippen molar-refractivity contribution >= 4 is 5.78 Å². The van der Waals surface area contributed by atoms with Crippen LogP contribution in [-0.4, -0.2) is 25.0 Å². The summed E-state index contributed by atoms with van der Waals surface area (Å²) in [5.74, 6) is 0.883. The predicted molar refractivity (Wildman–Crippen MR) is 47.3 cm³/mol. The number of ketones is 1. The zero-order valence-corrected chi connectivity index (χ0v) is 7.83. The first-order valence-corrected chi connectivity index (χ1v) is 3.78. The van der Waals surface area contributed by atoms with E-state index in [0.717, 1.165) is 0 Å². The highest BCUT2D eigenvalue weighted by molar-refractivity contribution is 5.94. The van der Waals surface area contributed by atoms with Gasteiger partial charge in [0.05, 0.1) is 20.4 Å². The number of carbonyl (C=O) groups is 1. The molecule has 0 saturated heterocycles. The van der Waals surface area contributed by atoms with Crippen LogP contribution < -0.4 is 9.47 Å². The Kier molecular flexibility index (Phi) is 2.84. The van der Waals surface area contributed by atoms with Gasteiger partial charge in [-0.1, -0.05) is 0 Å². The van der Waals surface area contributed by atoms with Crippen molar-refractivity contribution in [2.75, 3.05) is 14.2 Å². The molecule has 0 radical (unpaired) electrons. The van der Waals surface area contributed by atoms with E-state index in [-0.39, 0.29) is 5.78 Å². The normalized spacial score (nSPS) is 9.46. The Balaban J connectivity index is 3.15. The third kappa shape index (κ3) is 1.96. The number of methoxy groups -OCH3 is 2. The monoisotopic (exact) mass is 181 g/mol. The van der Waals surface area contributed by atoms with E-state index in [0.29, 0.717) is 17.2 Å². The second-order valence-corrected chi connectivity index (χ2v) is 2.48. The van der Waals surface area contributed by atoms with Crippen molar-refractivity contribution in [1.29, 1.82) is 0 Å². The molecule has 0 aliphatic carbocycles. The van der Waals surface area contributed by atoms with Crippen molar-refractivity contribution in [3.05, 3.63) is 18.0 Å². The van der Waals surface area contributed by atoms with Gasteiger partial charge in [0.2, 0.25) is 0 Å². The van der Waals surface area contributed by atoms with Crippen LogP contribution >= 0.6 is 0 Å². The lowest BCUT2D eigenvalue weighted by atomic mass is 10.2. The SMILES string of the molecule is COc1cnc(C(C)=O)c(OC)c1. The van der Waals surface area contributed by atoms with Crippen LogP contribution in [0.4, 0.5) is 0 Å². The molecule has 0 spiro atoms. The van der Waals surface area contributed by atoms with E-state index in [2.05, 4.69) is 4.98 Å². The van der Waals surface area contributed by atoms with E-state index >= 15 is 0 Å². The van der Waals surface area contributed by atoms with Gasteiger partial charge in [-0.15, -0.1) is 0 Å². The fourth-order valence-electron chi connectivity index (χ4n) is 0.958. The number of hydrogen-bond donors (Lipinski definition) is 0. The highest BCUT2D eigenvalue weighted by Crippen LogP contribution is 2.21. The molecule has 1 aromatic rings. The van der Waals surface area contributed by atoms with Crippen molar-refractivity contribution in [2.45, 2.75) is 6.92 Å². The number of rotatable bonds is 3. The van der Waals surface area contributed by atoms with Gasteiger partial charge in [-0.25, -0.2) is 4.98 Å². The molecule has 70 valence electrons. The van der Waals surface area contributed by atoms with Crippen LogP contribution in [0.5, 0.6) is 11.5 Å². The van der Waals surface area contributed by atoms with E-state index in [1.807, 2.05) is 0 Å². The summed E-state index contributed by atoms with van der Waals surface area (Å²) in [6.07, 6.45) is 1.49. The van der Waals surface area contributed by atoms with Crippen LogP contribution in [0.2, 0.25) is 0 Å². The fourth-order valence-corrected chi connectivity index (χ4v) is 0.958. The van der Waals surface area contributed by atoms with Crippen LogP contribution in [0.25, 0.3) is 0 Å². The van der Waals surface area contributed by atoms with Crippen molar-refractivity contribution in [3.8, 4) is 11.5 Å². The summed E-state index contributed by atoms with van der Waals surface area (Å²) in [7, 11) is 3.02. The smallest absolute Gasteiger partial charge is 0.181 e. The molecule has 0 aromatic carbocycles. The first-order valence-electron chi connectivity index (χ1n) is 3.78. The predicted octanol–water partition coefficient (Wildman–Crippen LogP) is 1.30. The molecule has 0 fully saturated rings. The number of pyridine rings is 1. The molecule has 13 heavy (non-hydrogen) atoms. The third-order valence-electron chi connectivity index (χ3n) is 1.62. The summed E-state index contributed by atoms with van der Waals surface area (Å²) in [5.41, 5.74) is 0.323. The number of nitrogens with zero attached hydrogens (tertiary/aromatic N) is 1. The Hall–Kier alpha value is -1.58. The van der Waals surface area contributed by atoms with Gasteiger partial charge in [-0.3, -0.25) is 4.79 Å².